The maximum Gasteiger partial charge on any atom is 0.320 e. The molecular formula is C10H19N3O. The third-order valence-corrected chi connectivity index (χ3v) is 3.22. The van der Waals surface area contributed by atoms with E-state index < -0.39 is 0 Å². The van der Waals surface area contributed by atoms with Gasteiger partial charge in [-0.25, -0.2) is 4.79 Å². The van der Waals surface area contributed by atoms with E-state index in [0.717, 1.165) is 39.1 Å². The van der Waals surface area contributed by atoms with E-state index in [-0.39, 0.29) is 6.03 Å². The predicted molar refractivity (Wildman–Crippen MR) is 55.2 cm³/mol. The van der Waals surface area contributed by atoms with Gasteiger partial charge in [-0.05, 0) is 26.3 Å². The zero-order chi connectivity index (χ0) is 9.97. The molecule has 0 aromatic carbocycles. The molecular weight excluding hydrogens is 178 g/mol. The van der Waals surface area contributed by atoms with Gasteiger partial charge in [-0.3, -0.25) is 0 Å². The van der Waals surface area contributed by atoms with Crippen molar-refractivity contribution >= 4 is 6.03 Å². The van der Waals surface area contributed by atoms with Crippen LogP contribution in [0.5, 0.6) is 0 Å². The first kappa shape index (κ1) is 9.77. The molecule has 0 aliphatic carbocycles. The number of carbonyl (C=O) groups is 1. The standard InChI is InChI=1S/C10H19N3O/c1-2-12-6-7-13(10(12)14)9-4-3-5-11-8-9/h9,11H,2-8H2,1H3. The van der Waals surface area contributed by atoms with E-state index in [1.807, 2.05) is 16.7 Å². The fourth-order valence-electron chi connectivity index (χ4n) is 2.33. The first-order chi connectivity index (χ1) is 6.83. The van der Waals surface area contributed by atoms with E-state index in [0.29, 0.717) is 6.04 Å². The summed E-state index contributed by atoms with van der Waals surface area (Å²) in [5.74, 6) is 0. The lowest BCUT2D eigenvalue weighted by Crippen LogP contribution is -2.47. The second-order valence-corrected chi connectivity index (χ2v) is 4.06. The number of hydrogen-bond donors (Lipinski definition) is 1. The Kier molecular flexibility index (Phi) is 2.91. The normalized spacial score (nSPS) is 28.6. The van der Waals surface area contributed by atoms with Crippen LogP contribution >= 0.6 is 0 Å². The Morgan fingerprint density at radius 1 is 1.50 bits per heavy atom. The second-order valence-electron chi connectivity index (χ2n) is 4.06. The van der Waals surface area contributed by atoms with Crippen LogP contribution in [0.1, 0.15) is 19.8 Å². The third-order valence-electron chi connectivity index (χ3n) is 3.22. The van der Waals surface area contributed by atoms with Crippen molar-refractivity contribution in [2.45, 2.75) is 25.8 Å². The quantitative estimate of drug-likeness (QED) is 0.699. The van der Waals surface area contributed by atoms with E-state index >= 15 is 0 Å². The molecule has 0 bridgehead atoms. The number of carbonyl (C=O) groups excluding carboxylic acids is 1. The van der Waals surface area contributed by atoms with Crippen LogP contribution in [-0.4, -0.2) is 54.6 Å². The lowest BCUT2D eigenvalue weighted by molar-refractivity contribution is 0.168. The van der Waals surface area contributed by atoms with E-state index in [1.54, 1.807) is 0 Å². The maximum atomic E-state index is 11.9. The molecule has 14 heavy (non-hydrogen) atoms. The summed E-state index contributed by atoms with van der Waals surface area (Å²) in [5, 5.41) is 3.35. The third kappa shape index (κ3) is 1.71. The van der Waals surface area contributed by atoms with Gasteiger partial charge in [0.05, 0.1) is 0 Å². The van der Waals surface area contributed by atoms with Crippen LogP contribution in [-0.2, 0) is 0 Å². The summed E-state index contributed by atoms with van der Waals surface area (Å²) in [6.45, 7) is 6.79. The molecule has 1 N–H and O–H groups in total. The summed E-state index contributed by atoms with van der Waals surface area (Å²) in [6, 6.07) is 0.675. The molecule has 0 aromatic rings. The molecule has 2 aliphatic rings. The second kappa shape index (κ2) is 4.17. The monoisotopic (exact) mass is 197 g/mol. The summed E-state index contributed by atoms with van der Waals surface area (Å²) in [7, 11) is 0. The highest BCUT2D eigenvalue weighted by Gasteiger charge is 2.32. The van der Waals surface area contributed by atoms with Crippen LogP contribution in [0.4, 0.5) is 4.79 Å². The smallest absolute Gasteiger partial charge is 0.320 e. The Balaban J connectivity index is 1.94. The van der Waals surface area contributed by atoms with Crippen molar-refractivity contribution in [3.63, 3.8) is 0 Å². The molecule has 1 atom stereocenters. The van der Waals surface area contributed by atoms with Crippen LogP contribution in [0.2, 0.25) is 0 Å². The topological polar surface area (TPSA) is 35.6 Å². The summed E-state index contributed by atoms with van der Waals surface area (Å²) < 4.78 is 0. The zero-order valence-electron chi connectivity index (χ0n) is 8.83. The molecule has 0 radical (unpaired) electrons. The molecule has 0 aromatic heterocycles. The number of urea groups is 1. The fraction of sp³-hybridized carbons (Fsp3) is 0.900. The van der Waals surface area contributed by atoms with Gasteiger partial charge in [0.2, 0.25) is 0 Å². The average Bonchev–Trinajstić information content (AvgIpc) is 2.61. The Hall–Kier alpha value is -0.770. The van der Waals surface area contributed by atoms with Crippen molar-refractivity contribution in [2.24, 2.45) is 0 Å². The Labute approximate surface area is 85.2 Å². The minimum absolute atomic E-state index is 0.237. The van der Waals surface area contributed by atoms with Crippen LogP contribution in [0.15, 0.2) is 0 Å². The van der Waals surface area contributed by atoms with Gasteiger partial charge in [0.25, 0.3) is 0 Å². The van der Waals surface area contributed by atoms with Crippen LogP contribution in [0.25, 0.3) is 0 Å². The zero-order valence-corrected chi connectivity index (χ0v) is 8.83. The maximum absolute atomic E-state index is 11.9. The first-order valence-corrected chi connectivity index (χ1v) is 5.59. The van der Waals surface area contributed by atoms with Gasteiger partial charge in [0, 0.05) is 32.2 Å². The van der Waals surface area contributed by atoms with Gasteiger partial charge in [-0.1, -0.05) is 0 Å². The number of rotatable bonds is 2. The number of amides is 2. The molecule has 2 aliphatic heterocycles. The van der Waals surface area contributed by atoms with Crippen molar-refractivity contribution in [1.82, 2.24) is 15.1 Å². The van der Waals surface area contributed by atoms with Gasteiger partial charge >= 0.3 is 6.03 Å². The van der Waals surface area contributed by atoms with E-state index in [1.165, 1.54) is 6.42 Å². The molecule has 2 heterocycles. The molecule has 80 valence electrons. The van der Waals surface area contributed by atoms with Crippen molar-refractivity contribution in [3.05, 3.63) is 0 Å². The highest BCUT2D eigenvalue weighted by atomic mass is 16.2. The number of likely N-dealkylation sites (N-methyl/N-ethyl adjacent to an activating group) is 1. The number of nitrogens with one attached hydrogen (secondary N) is 1. The van der Waals surface area contributed by atoms with Crippen molar-refractivity contribution in [1.29, 1.82) is 0 Å². The van der Waals surface area contributed by atoms with E-state index in [9.17, 15) is 4.79 Å². The molecule has 2 saturated heterocycles. The van der Waals surface area contributed by atoms with Gasteiger partial charge in [0.15, 0.2) is 0 Å². The molecule has 2 rings (SSSR count). The predicted octanol–water partition coefficient (Wildman–Crippen LogP) is 0.496. The Morgan fingerprint density at radius 3 is 2.93 bits per heavy atom. The van der Waals surface area contributed by atoms with Crippen molar-refractivity contribution in [2.75, 3.05) is 32.7 Å². The Morgan fingerprint density at radius 2 is 2.36 bits per heavy atom. The summed E-state index contributed by atoms with van der Waals surface area (Å²) in [6.07, 6.45) is 2.36. The average molecular weight is 197 g/mol. The molecule has 0 saturated carbocycles. The van der Waals surface area contributed by atoms with E-state index in [2.05, 4.69) is 5.32 Å². The molecule has 2 amide bonds. The van der Waals surface area contributed by atoms with Crippen molar-refractivity contribution in [3.8, 4) is 0 Å². The SMILES string of the molecule is CCN1CCN(C2CCCNC2)C1=O. The van der Waals surface area contributed by atoms with E-state index in [4.69, 9.17) is 0 Å². The van der Waals surface area contributed by atoms with Gasteiger partial charge in [0.1, 0.15) is 0 Å². The minimum atomic E-state index is 0.237. The Bertz CT molecular complexity index is 213. The van der Waals surface area contributed by atoms with Crippen molar-refractivity contribution < 1.29 is 4.79 Å². The lowest BCUT2D eigenvalue weighted by Gasteiger charge is -2.31. The highest BCUT2D eigenvalue weighted by Crippen LogP contribution is 2.16. The fourth-order valence-corrected chi connectivity index (χ4v) is 2.33. The summed E-state index contributed by atoms with van der Waals surface area (Å²) >= 11 is 0. The van der Waals surface area contributed by atoms with Crippen LogP contribution in [0, 0.1) is 0 Å². The largest absolute Gasteiger partial charge is 0.323 e. The lowest BCUT2D eigenvalue weighted by atomic mass is 10.1. The summed E-state index contributed by atoms with van der Waals surface area (Å²) in [5.41, 5.74) is 0. The summed E-state index contributed by atoms with van der Waals surface area (Å²) in [4.78, 5) is 15.8. The van der Waals surface area contributed by atoms with Crippen LogP contribution < -0.4 is 5.32 Å². The number of nitrogens with zero attached hydrogens (tertiary/aromatic N) is 2. The molecule has 4 nitrogen and oxygen atoms in total. The first-order valence-electron chi connectivity index (χ1n) is 5.59. The van der Waals surface area contributed by atoms with Gasteiger partial charge in [-0.2, -0.15) is 0 Å². The molecule has 2 fully saturated rings. The molecule has 4 heteroatoms. The highest BCUT2D eigenvalue weighted by molar-refractivity contribution is 5.76. The number of hydrogen-bond acceptors (Lipinski definition) is 2. The number of piperidine rings is 1. The minimum Gasteiger partial charge on any atom is -0.323 e. The van der Waals surface area contributed by atoms with Gasteiger partial charge < -0.3 is 15.1 Å². The molecule has 1 unspecified atom stereocenters. The van der Waals surface area contributed by atoms with Crippen LogP contribution in [0.3, 0.4) is 0 Å². The van der Waals surface area contributed by atoms with Gasteiger partial charge in [-0.15, -0.1) is 0 Å². The molecule has 0 spiro atoms.